The highest BCUT2D eigenvalue weighted by Gasteiger charge is 2.10. The molecule has 2 aromatic rings. The van der Waals surface area contributed by atoms with Crippen LogP contribution >= 0.6 is 11.6 Å². The Hall–Kier alpha value is -1.81. The summed E-state index contributed by atoms with van der Waals surface area (Å²) in [6.07, 6.45) is 3.17. The molecule has 0 fully saturated rings. The average Bonchev–Trinajstić information content (AvgIpc) is 2.41. The Balaban J connectivity index is 2.16. The lowest BCUT2D eigenvalue weighted by atomic mass is 10.2. The number of anilines is 1. The molecule has 0 radical (unpaired) electrons. The molecule has 0 aliphatic heterocycles. The van der Waals surface area contributed by atoms with Gasteiger partial charge < -0.3 is 10.5 Å². The molecule has 1 aromatic carbocycles. The molecule has 0 atom stereocenters. The highest BCUT2D eigenvalue weighted by molar-refractivity contribution is 6.31. The molecule has 100 valence electrons. The number of aromatic nitrogens is 2. The first-order chi connectivity index (χ1) is 9.22. The summed E-state index contributed by atoms with van der Waals surface area (Å²) in [5.41, 5.74) is 7.63. The Morgan fingerprint density at radius 2 is 2.05 bits per heavy atom. The lowest BCUT2D eigenvalue weighted by Gasteiger charge is -2.11. The second-order valence-electron chi connectivity index (χ2n) is 4.17. The van der Waals surface area contributed by atoms with E-state index in [1.54, 1.807) is 0 Å². The van der Waals surface area contributed by atoms with Crippen molar-refractivity contribution >= 4 is 17.4 Å². The number of nitrogens with zero attached hydrogens (tertiary/aromatic N) is 2. The van der Waals surface area contributed by atoms with Crippen molar-refractivity contribution in [1.29, 1.82) is 0 Å². The van der Waals surface area contributed by atoms with Gasteiger partial charge in [-0.15, -0.1) is 0 Å². The van der Waals surface area contributed by atoms with Crippen molar-refractivity contribution in [1.82, 2.24) is 9.97 Å². The van der Waals surface area contributed by atoms with Gasteiger partial charge in [-0.05, 0) is 12.5 Å². The molecular weight excluding hydrogens is 262 g/mol. The van der Waals surface area contributed by atoms with Crippen LogP contribution in [0.15, 0.2) is 30.6 Å². The van der Waals surface area contributed by atoms with Crippen LogP contribution in [-0.2, 0) is 13.0 Å². The Morgan fingerprint density at radius 3 is 2.79 bits per heavy atom. The molecule has 0 saturated heterocycles. The largest absolute Gasteiger partial charge is 0.472 e. The van der Waals surface area contributed by atoms with Crippen LogP contribution in [0.25, 0.3) is 0 Å². The fourth-order valence-electron chi connectivity index (χ4n) is 1.78. The van der Waals surface area contributed by atoms with E-state index in [0.29, 0.717) is 23.3 Å². The van der Waals surface area contributed by atoms with Crippen LogP contribution in [0.2, 0.25) is 5.02 Å². The van der Waals surface area contributed by atoms with E-state index in [2.05, 4.69) is 16.9 Å². The molecule has 4 nitrogen and oxygen atoms in total. The van der Waals surface area contributed by atoms with Crippen LogP contribution in [-0.4, -0.2) is 9.97 Å². The molecule has 0 aliphatic rings. The van der Waals surface area contributed by atoms with Crippen LogP contribution in [0.5, 0.6) is 5.88 Å². The number of rotatable bonds is 5. The zero-order valence-electron chi connectivity index (χ0n) is 10.8. The molecule has 2 rings (SSSR count). The van der Waals surface area contributed by atoms with Gasteiger partial charge in [-0.2, -0.15) is 0 Å². The molecule has 0 saturated carbocycles. The SMILES string of the molecule is CCCc1c(N)ncnc1OCc1ccccc1Cl. The number of ether oxygens (including phenoxy) is 1. The summed E-state index contributed by atoms with van der Waals surface area (Å²) in [6.45, 7) is 2.44. The third kappa shape index (κ3) is 3.35. The Bertz CT molecular complexity index is 560. The Morgan fingerprint density at radius 1 is 1.26 bits per heavy atom. The molecular formula is C14H16ClN3O. The van der Waals surface area contributed by atoms with Crippen LogP contribution in [0.1, 0.15) is 24.5 Å². The van der Waals surface area contributed by atoms with E-state index in [-0.39, 0.29) is 0 Å². The summed E-state index contributed by atoms with van der Waals surface area (Å²) in [4.78, 5) is 8.14. The third-order valence-electron chi connectivity index (χ3n) is 2.76. The minimum atomic E-state index is 0.368. The molecule has 0 unspecified atom stereocenters. The van der Waals surface area contributed by atoms with E-state index in [9.17, 15) is 0 Å². The van der Waals surface area contributed by atoms with Crippen molar-refractivity contribution in [2.24, 2.45) is 0 Å². The number of hydrogen-bond donors (Lipinski definition) is 1. The van der Waals surface area contributed by atoms with Crippen molar-refractivity contribution in [3.05, 3.63) is 46.7 Å². The molecule has 5 heteroatoms. The standard InChI is InChI=1S/C14H16ClN3O/c1-2-5-11-13(16)17-9-18-14(11)19-8-10-6-3-4-7-12(10)15/h3-4,6-7,9H,2,5,8H2,1H3,(H2,16,17,18). The monoisotopic (exact) mass is 277 g/mol. The summed E-state index contributed by atoms with van der Waals surface area (Å²) in [6, 6.07) is 7.57. The summed E-state index contributed by atoms with van der Waals surface area (Å²) >= 11 is 6.09. The van der Waals surface area contributed by atoms with Crippen LogP contribution < -0.4 is 10.5 Å². The van der Waals surface area contributed by atoms with Gasteiger partial charge in [-0.25, -0.2) is 9.97 Å². The first-order valence-electron chi connectivity index (χ1n) is 6.18. The molecule has 0 amide bonds. The second kappa shape index (κ2) is 6.38. The summed E-state index contributed by atoms with van der Waals surface area (Å²) in [5.74, 6) is 1.01. The van der Waals surface area contributed by atoms with Gasteiger partial charge in [0.15, 0.2) is 0 Å². The van der Waals surface area contributed by atoms with Gasteiger partial charge in [-0.3, -0.25) is 0 Å². The van der Waals surface area contributed by atoms with Crippen molar-refractivity contribution in [3.63, 3.8) is 0 Å². The highest BCUT2D eigenvalue weighted by atomic mass is 35.5. The number of benzene rings is 1. The van der Waals surface area contributed by atoms with Crippen LogP contribution in [0, 0.1) is 0 Å². The summed E-state index contributed by atoms with van der Waals surface area (Å²) in [5, 5.41) is 0.682. The van der Waals surface area contributed by atoms with Crippen molar-refractivity contribution < 1.29 is 4.74 Å². The van der Waals surface area contributed by atoms with E-state index in [1.165, 1.54) is 6.33 Å². The molecule has 0 spiro atoms. The van der Waals surface area contributed by atoms with Crippen LogP contribution in [0.4, 0.5) is 5.82 Å². The fourth-order valence-corrected chi connectivity index (χ4v) is 1.97. The lowest BCUT2D eigenvalue weighted by Crippen LogP contribution is -2.05. The van der Waals surface area contributed by atoms with E-state index in [0.717, 1.165) is 24.0 Å². The van der Waals surface area contributed by atoms with Crippen molar-refractivity contribution in [3.8, 4) is 5.88 Å². The van der Waals surface area contributed by atoms with Crippen molar-refractivity contribution in [2.45, 2.75) is 26.4 Å². The van der Waals surface area contributed by atoms with Gasteiger partial charge in [0.2, 0.25) is 5.88 Å². The van der Waals surface area contributed by atoms with Gasteiger partial charge in [-0.1, -0.05) is 43.1 Å². The molecule has 2 N–H and O–H groups in total. The highest BCUT2D eigenvalue weighted by Crippen LogP contribution is 2.23. The Kier molecular flexibility index (Phi) is 4.58. The van der Waals surface area contributed by atoms with E-state index in [4.69, 9.17) is 22.1 Å². The normalized spacial score (nSPS) is 10.4. The van der Waals surface area contributed by atoms with Crippen LogP contribution in [0.3, 0.4) is 0 Å². The van der Waals surface area contributed by atoms with Gasteiger partial charge in [0.05, 0.1) is 5.56 Å². The van der Waals surface area contributed by atoms with Gasteiger partial charge in [0.25, 0.3) is 0 Å². The summed E-state index contributed by atoms with van der Waals surface area (Å²) < 4.78 is 5.72. The number of nitrogens with two attached hydrogens (primary N) is 1. The number of hydrogen-bond acceptors (Lipinski definition) is 4. The van der Waals surface area contributed by atoms with Gasteiger partial charge in [0, 0.05) is 10.6 Å². The molecule has 19 heavy (non-hydrogen) atoms. The minimum Gasteiger partial charge on any atom is -0.472 e. The number of nitrogen functional groups attached to an aromatic ring is 1. The maximum Gasteiger partial charge on any atom is 0.222 e. The first kappa shape index (κ1) is 13.6. The third-order valence-corrected chi connectivity index (χ3v) is 3.13. The smallest absolute Gasteiger partial charge is 0.222 e. The summed E-state index contributed by atoms with van der Waals surface area (Å²) in [7, 11) is 0. The molecule has 1 heterocycles. The molecule has 0 aliphatic carbocycles. The molecule has 1 aromatic heterocycles. The predicted molar refractivity (Wildman–Crippen MR) is 76.2 cm³/mol. The van der Waals surface area contributed by atoms with E-state index < -0.39 is 0 Å². The fraction of sp³-hybridized carbons (Fsp3) is 0.286. The topological polar surface area (TPSA) is 61.0 Å². The zero-order chi connectivity index (χ0) is 13.7. The predicted octanol–water partition coefficient (Wildman–Crippen LogP) is 3.24. The van der Waals surface area contributed by atoms with Gasteiger partial charge >= 0.3 is 0 Å². The second-order valence-corrected chi connectivity index (χ2v) is 4.58. The van der Waals surface area contributed by atoms with E-state index >= 15 is 0 Å². The van der Waals surface area contributed by atoms with Gasteiger partial charge in [0.1, 0.15) is 18.8 Å². The number of halogens is 1. The zero-order valence-corrected chi connectivity index (χ0v) is 11.5. The minimum absolute atomic E-state index is 0.368. The maximum absolute atomic E-state index is 6.09. The van der Waals surface area contributed by atoms with Crippen molar-refractivity contribution in [2.75, 3.05) is 5.73 Å². The Labute approximate surface area is 117 Å². The first-order valence-corrected chi connectivity index (χ1v) is 6.55. The lowest BCUT2D eigenvalue weighted by molar-refractivity contribution is 0.290. The molecule has 0 bridgehead atoms. The van der Waals surface area contributed by atoms with E-state index in [1.807, 2.05) is 24.3 Å². The average molecular weight is 278 g/mol. The quantitative estimate of drug-likeness (QED) is 0.911. The maximum atomic E-state index is 6.09.